The quantitative estimate of drug-likeness (QED) is 0.750. The van der Waals surface area contributed by atoms with E-state index in [4.69, 9.17) is 9.15 Å². The molecule has 0 amide bonds. The molecule has 1 aromatic rings. The molecular weight excluding hydrogens is 236 g/mol. The Labute approximate surface area is 84.2 Å². The molecule has 1 saturated heterocycles. The van der Waals surface area contributed by atoms with Crippen molar-refractivity contribution in [2.24, 2.45) is 5.92 Å². The molecule has 70 valence electrons. The molecule has 0 bridgehead atoms. The summed E-state index contributed by atoms with van der Waals surface area (Å²) in [6.45, 7) is 1.23. The molecule has 13 heavy (non-hydrogen) atoms. The van der Waals surface area contributed by atoms with Crippen molar-refractivity contribution in [2.45, 2.75) is 6.42 Å². The van der Waals surface area contributed by atoms with Crippen LogP contribution in [0.5, 0.6) is 0 Å². The Morgan fingerprint density at radius 3 is 3.00 bits per heavy atom. The molecule has 2 rings (SSSR count). The van der Waals surface area contributed by atoms with Gasteiger partial charge in [0.1, 0.15) is 6.26 Å². The van der Waals surface area contributed by atoms with Crippen LogP contribution >= 0.6 is 15.9 Å². The largest absolute Gasteiger partial charge is 0.457 e. The molecule has 1 aromatic heterocycles. The first-order chi connectivity index (χ1) is 6.27. The van der Waals surface area contributed by atoms with Gasteiger partial charge in [-0.1, -0.05) is 0 Å². The van der Waals surface area contributed by atoms with Crippen LogP contribution in [0.1, 0.15) is 16.8 Å². The van der Waals surface area contributed by atoms with Crippen molar-refractivity contribution in [2.75, 3.05) is 13.2 Å². The first-order valence-electron chi connectivity index (χ1n) is 4.13. The number of hydrogen-bond acceptors (Lipinski definition) is 3. The molecule has 1 aliphatic rings. The maximum absolute atomic E-state index is 11.7. The van der Waals surface area contributed by atoms with Gasteiger partial charge in [0, 0.05) is 18.6 Å². The Balaban J connectivity index is 2.12. The molecule has 2 heterocycles. The number of hydrogen-bond donors (Lipinski definition) is 0. The zero-order valence-corrected chi connectivity index (χ0v) is 8.54. The van der Waals surface area contributed by atoms with Crippen molar-refractivity contribution in [1.29, 1.82) is 0 Å². The number of rotatable bonds is 2. The second-order valence-electron chi connectivity index (χ2n) is 3.06. The average Bonchev–Trinajstić information content (AvgIpc) is 2.72. The van der Waals surface area contributed by atoms with Gasteiger partial charge in [-0.05, 0) is 22.4 Å². The van der Waals surface area contributed by atoms with Gasteiger partial charge in [0.2, 0.25) is 0 Å². The SMILES string of the molecule is O=C(c1coc(Br)c1)C1CCOC1. The van der Waals surface area contributed by atoms with Crippen LogP contribution in [0, 0.1) is 5.92 Å². The normalized spacial score (nSPS) is 22.1. The first kappa shape index (κ1) is 8.97. The molecule has 1 aliphatic heterocycles. The first-order valence-corrected chi connectivity index (χ1v) is 4.92. The van der Waals surface area contributed by atoms with Crippen LogP contribution in [0.2, 0.25) is 0 Å². The predicted molar refractivity (Wildman–Crippen MR) is 49.7 cm³/mol. The zero-order valence-electron chi connectivity index (χ0n) is 6.96. The topological polar surface area (TPSA) is 39.4 Å². The van der Waals surface area contributed by atoms with Crippen LogP contribution in [0.15, 0.2) is 21.4 Å². The summed E-state index contributed by atoms with van der Waals surface area (Å²) < 4.78 is 10.7. The van der Waals surface area contributed by atoms with Gasteiger partial charge in [-0.15, -0.1) is 0 Å². The number of furan rings is 1. The Kier molecular flexibility index (Phi) is 2.51. The molecule has 0 aliphatic carbocycles. The standard InChI is InChI=1S/C9H9BrO3/c10-8-3-7(5-13-8)9(11)6-1-2-12-4-6/h3,5-6H,1-2,4H2. The van der Waals surface area contributed by atoms with Crippen molar-refractivity contribution in [1.82, 2.24) is 0 Å². The predicted octanol–water partition coefficient (Wildman–Crippen LogP) is 2.26. The van der Waals surface area contributed by atoms with Gasteiger partial charge in [-0.3, -0.25) is 4.79 Å². The summed E-state index contributed by atoms with van der Waals surface area (Å²) in [4.78, 5) is 11.7. The third-order valence-electron chi connectivity index (χ3n) is 2.15. The zero-order chi connectivity index (χ0) is 9.26. The number of ether oxygens (including phenoxy) is 1. The van der Waals surface area contributed by atoms with Gasteiger partial charge >= 0.3 is 0 Å². The third-order valence-corrected chi connectivity index (χ3v) is 2.57. The van der Waals surface area contributed by atoms with E-state index >= 15 is 0 Å². The molecular formula is C9H9BrO3. The molecule has 1 atom stereocenters. The summed E-state index contributed by atoms with van der Waals surface area (Å²) in [7, 11) is 0. The monoisotopic (exact) mass is 244 g/mol. The van der Waals surface area contributed by atoms with Gasteiger partial charge in [-0.2, -0.15) is 0 Å². The van der Waals surface area contributed by atoms with Crippen LogP contribution < -0.4 is 0 Å². The summed E-state index contributed by atoms with van der Waals surface area (Å²) in [6.07, 6.45) is 2.30. The number of carbonyl (C=O) groups is 1. The molecule has 0 N–H and O–H groups in total. The lowest BCUT2D eigenvalue weighted by Gasteiger charge is -2.02. The van der Waals surface area contributed by atoms with E-state index in [1.54, 1.807) is 6.07 Å². The van der Waals surface area contributed by atoms with E-state index in [2.05, 4.69) is 15.9 Å². The van der Waals surface area contributed by atoms with E-state index < -0.39 is 0 Å². The summed E-state index contributed by atoms with van der Waals surface area (Å²) in [6, 6.07) is 1.70. The molecule has 3 nitrogen and oxygen atoms in total. The van der Waals surface area contributed by atoms with Crippen LogP contribution in [0.4, 0.5) is 0 Å². The number of halogens is 1. The van der Waals surface area contributed by atoms with Crippen molar-refractivity contribution in [3.8, 4) is 0 Å². The highest BCUT2D eigenvalue weighted by Crippen LogP contribution is 2.21. The highest BCUT2D eigenvalue weighted by atomic mass is 79.9. The summed E-state index contributed by atoms with van der Waals surface area (Å²) in [5, 5.41) is 0. The molecule has 0 spiro atoms. The van der Waals surface area contributed by atoms with Crippen LogP contribution in [0.3, 0.4) is 0 Å². The fraction of sp³-hybridized carbons (Fsp3) is 0.444. The summed E-state index contributed by atoms with van der Waals surface area (Å²) in [5.41, 5.74) is 0.627. The van der Waals surface area contributed by atoms with Gasteiger partial charge in [-0.25, -0.2) is 0 Å². The van der Waals surface area contributed by atoms with Crippen LogP contribution in [-0.4, -0.2) is 19.0 Å². The van der Waals surface area contributed by atoms with Gasteiger partial charge < -0.3 is 9.15 Å². The Morgan fingerprint density at radius 1 is 1.62 bits per heavy atom. The van der Waals surface area contributed by atoms with Crippen molar-refractivity contribution in [3.05, 3.63) is 22.6 Å². The van der Waals surface area contributed by atoms with E-state index in [1.807, 2.05) is 0 Å². The van der Waals surface area contributed by atoms with Crippen LogP contribution in [0.25, 0.3) is 0 Å². The average molecular weight is 245 g/mol. The van der Waals surface area contributed by atoms with E-state index in [0.717, 1.165) is 6.42 Å². The second kappa shape index (κ2) is 3.64. The minimum absolute atomic E-state index is 0.0181. The Hall–Kier alpha value is -0.610. The maximum atomic E-state index is 11.7. The minimum Gasteiger partial charge on any atom is -0.457 e. The van der Waals surface area contributed by atoms with Crippen molar-refractivity contribution < 1.29 is 13.9 Å². The smallest absolute Gasteiger partial charge is 0.171 e. The van der Waals surface area contributed by atoms with Crippen LogP contribution in [-0.2, 0) is 4.74 Å². The second-order valence-corrected chi connectivity index (χ2v) is 3.85. The highest BCUT2D eigenvalue weighted by Gasteiger charge is 2.25. The number of ketones is 1. The summed E-state index contributed by atoms with van der Waals surface area (Å²) in [5.74, 6) is 0.136. The lowest BCUT2D eigenvalue weighted by molar-refractivity contribution is 0.0899. The van der Waals surface area contributed by atoms with E-state index in [1.165, 1.54) is 6.26 Å². The van der Waals surface area contributed by atoms with Gasteiger partial charge in [0.05, 0.1) is 12.2 Å². The lowest BCUT2D eigenvalue weighted by atomic mass is 9.99. The van der Waals surface area contributed by atoms with Crippen molar-refractivity contribution >= 4 is 21.7 Å². The molecule has 0 aromatic carbocycles. The fourth-order valence-corrected chi connectivity index (χ4v) is 1.76. The fourth-order valence-electron chi connectivity index (χ4n) is 1.42. The van der Waals surface area contributed by atoms with E-state index in [-0.39, 0.29) is 11.7 Å². The Morgan fingerprint density at radius 2 is 2.46 bits per heavy atom. The van der Waals surface area contributed by atoms with Gasteiger partial charge in [0.25, 0.3) is 0 Å². The van der Waals surface area contributed by atoms with E-state index in [0.29, 0.717) is 23.4 Å². The summed E-state index contributed by atoms with van der Waals surface area (Å²) >= 11 is 3.16. The lowest BCUT2D eigenvalue weighted by Crippen LogP contribution is -2.13. The van der Waals surface area contributed by atoms with Gasteiger partial charge in [0.15, 0.2) is 10.5 Å². The molecule has 0 saturated carbocycles. The molecule has 0 radical (unpaired) electrons. The maximum Gasteiger partial charge on any atom is 0.171 e. The molecule has 1 unspecified atom stereocenters. The van der Waals surface area contributed by atoms with Crippen molar-refractivity contribution in [3.63, 3.8) is 0 Å². The van der Waals surface area contributed by atoms with E-state index in [9.17, 15) is 4.79 Å². The Bertz CT molecular complexity index is 312. The minimum atomic E-state index is 0.0181. The molecule has 1 fully saturated rings. The number of carbonyl (C=O) groups excluding carboxylic acids is 1. The highest BCUT2D eigenvalue weighted by molar-refractivity contribution is 9.10. The molecule has 4 heteroatoms. The third kappa shape index (κ3) is 1.84. The number of Topliss-reactive ketones (excluding diaryl/α,β-unsaturated/α-hetero) is 1.